The van der Waals surface area contributed by atoms with Crippen molar-refractivity contribution in [1.29, 1.82) is 0 Å². The highest BCUT2D eigenvalue weighted by Crippen LogP contribution is 2.31. The number of esters is 1. The standard InChI is InChI=1S/C21H23N5O2S2/c1-21(2,3)28-18(27)14-7-4-6-13(10-14)17-24-15(11-29-17)16-12-30-20(25-16)26-19-22-8-5-9-23-19/h4,6-7,10-12H,5,8-9H2,1-3H3,(H2,22,23,25,26). The molecule has 0 saturated carbocycles. The molecule has 0 spiro atoms. The highest BCUT2D eigenvalue weighted by Gasteiger charge is 2.19. The molecule has 0 aliphatic carbocycles. The first kappa shape index (κ1) is 20.5. The van der Waals surface area contributed by atoms with E-state index in [-0.39, 0.29) is 5.97 Å². The number of hydrogen-bond donors (Lipinski definition) is 2. The van der Waals surface area contributed by atoms with Crippen LogP contribution in [0.5, 0.6) is 0 Å². The van der Waals surface area contributed by atoms with Crippen LogP contribution in [-0.4, -0.2) is 40.6 Å². The molecule has 0 atom stereocenters. The van der Waals surface area contributed by atoms with Gasteiger partial charge in [0, 0.05) is 29.4 Å². The Morgan fingerprint density at radius 2 is 1.97 bits per heavy atom. The predicted octanol–water partition coefficient (Wildman–Crippen LogP) is 4.65. The summed E-state index contributed by atoms with van der Waals surface area (Å²) in [6.07, 6.45) is 1.05. The topological polar surface area (TPSA) is 88.5 Å². The second kappa shape index (κ2) is 8.53. The third kappa shape index (κ3) is 5.03. The maximum atomic E-state index is 12.4. The average molecular weight is 442 g/mol. The van der Waals surface area contributed by atoms with E-state index in [2.05, 4.69) is 20.6 Å². The van der Waals surface area contributed by atoms with Gasteiger partial charge in [0.15, 0.2) is 11.1 Å². The number of nitrogens with zero attached hydrogens (tertiary/aromatic N) is 3. The van der Waals surface area contributed by atoms with Crippen LogP contribution < -0.4 is 10.6 Å². The van der Waals surface area contributed by atoms with Gasteiger partial charge in [-0.15, -0.1) is 22.7 Å². The van der Waals surface area contributed by atoms with Crippen molar-refractivity contribution >= 4 is 39.7 Å². The number of rotatable bonds is 4. The zero-order valence-electron chi connectivity index (χ0n) is 17.1. The van der Waals surface area contributed by atoms with Crippen LogP contribution in [0.25, 0.3) is 22.0 Å². The number of carbonyl (C=O) groups is 1. The van der Waals surface area contributed by atoms with E-state index in [9.17, 15) is 4.79 Å². The number of benzene rings is 1. The van der Waals surface area contributed by atoms with Crippen LogP contribution in [0.3, 0.4) is 0 Å². The van der Waals surface area contributed by atoms with Crippen LogP contribution in [0, 0.1) is 0 Å². The molecule has 30 heavy (non-hydrogen) atoms. The number of thiazole rings is 2. The Bertz CT molecular complexity index is 1080. The largest absolute Gasteiger partial charge is 0.456 e. The van der Waals surface area contributed by atoms with E-state index in [1.807, 2.05) is 49.7 Å². The van der Waals surface area contributed by atoms with Gasteiger partial charge >= 0.3 is 5.97 Å². The molecule has 9 heteroatoms. The van der Waals surface area contributed by atoms with Gasteiger partial charge in [-0.2, -0.15) is 0 Å². The van der Waals surface area contributed by atoms with Gasteiger partial charge in [-0.3, -0.25) is 4.99 Å². The van der Waals surface area contributed by atoms with E-state index in [0.717, 1.165) is 52.6 Å². The zero-order chi connectivity index (χ0) is 21.1. The van der Waals surface area contributed by atoms with Crippen molar-refractivity contribution in [3.63, 3.8) is 0 Å². The van der Waals surface area contributed by atoms with E-state index < -0.39 is 5.60 Å². The van der Waals surface area contributed by atoms with Gasteiger partial charge in [-0.1, -0.05) is 12.1 Å². The Kier molecular flexibility index (Phi) is 5.83. The molecular formula is C21H23N5O2S2. The molecule has 0 unspecified atom stereocenters. The molecule has 0 fully saturated rings. The summed E-state index contributed by atoms with van der Waals surface area (Å²) in [4.78, 5) is 26.1. The van der Waals surface area contributed by atoms with Gasteiger partial charge in [0.1, 0.15) is 22.0 Å². The molecule has 0 amide bonds. The number of carbonyl (C=O) groups excluding carboxylic acids is 1. The van der Waals surface area contributed by atoms with Crippen LogP contribution in [0.2, 0.25) is 0 Å². The number of nitrogens with one attached hydrogen (secondary N) is 2. The molecular weight excluding hydrogens is 418 g/mol. The first-order valence-corrected chi connectivity index (χ1v) is 11.4. The van der Waals surface area contributed by atoms with E-state index in [1.54, 1.807) is 6.07 Å². The quantitative estimate of drug-likeness (QED) is 0.573. The molecule has 0 bridgehead atoms. The van der Waals surface area contributed by atoms with Crippen molar-refractivity contribution in [1.82, 2.24) is 15.3 Å². The number of ether oxygens (including phenoxy) is 1. The van der Waals surface area contributed by atoms with Crippen molar-refractivity contribution < 1.29 is 9.53 Å². The predicted molar refractivity (Wildman–Crippen MR) is 122 cm³/mol. The summed E-state index contributed by atoms with van der Waals surface area (Å²) >= 11 is 3.04. The summed E-state index contributed by atoms with van der Waals surface area (Å²) in [5.41, 5.74) is 2.48. The number of anilines is 1. The average Bonchev–Trinajstić information content (AvgIpc) is 3.37. The monoisotopic (exact) mass is 441 g/mol. The minimum absolute atomic E-state index is 0.337. The third-order valence-electron chi connectivity index (χ3n) is 4.14. The summed E-state index contributed by atoms with van der Waals surface area (Å²) in [6, 6.07) is 7.36. The summed E-state index contributed by atoms with van der Waals surface area (Å²) in [5, 5.41) is 12.0. The molecule has 7 nitrogen and oxygen atoms in total. The van der Waals surface area contributed by atoms with Crippen molar-refractivity contribution in [3.05, 3.63) is 40.6 Å². The van der Waals surface area contributed by atoms with Crippen LogP contribution in [-0.2, 0) is 4.74 Å². The molecule has 4 rings (SSSR count). The number of hydrogen-bond acceptors (Lipinski definition) is 9. The van der Waals surface area contributed by atoms with E-state index in [0.29, 0.717) is 5.56 Å². The van der Waals surface area contributed by atoms with Gasteiger partial charge in [0.2, 0.25) is 0 Å². The van der Waals surface area contributed by atoms with Gasteiger partial charge in [0.05, 0.1) is 5.56 Å². The lowest BCUT2D eigenvalue weighted by Crippen LogP contribution is -2.35. The highest BCUT2D eigenvalue weighted by atomic mass is 32.1. The number of aliphatic imine (C=N–C) groups is 1. The van der Waals surface area contributed by atoms with Crippen molar-refractivity contribution in [2.45, 2.75) is 32.8 Å². The van der Waals surface area contributed by atoms with E-state index in [4.69, 9.17) is 9.72 Å². The Morgan fingerprint density at radius 1 is 1.17 bits per heavy atom. The maximum Gasteiger partial charge on any atom is 0.338 e. The Hall–Kier alpha value is -2.78. The van der Waals surface area contributed by atoms with Crippen LogP contribution in [0.1, 0.15) is 37.6 Å². The van der Waals surface area contributed by atoms with Gasteiger partial charge in [0.25, 0.3) is 0 Å². The summed E-state index contributed by atoms with van der Waals surface area (Å²) in [6.45, 7) is 7.31. The molecule has 1 aliphatic heterocycles. The first-order chi connectivity index (χ1) is 14.4. The van der Waals surface area contributed by atoms with Crippen LogP contribution >= 0.6 is 22.7 Å². The molecule has 1 aromatic carbocycles. The van der Waals surface area contributed by atoms with Gasteiger partial charge < -0.3 is 15.4 Å². The second-order valence-electron chi connectivity index (χ2n) is 7.79. The molecule has 2 aromatic heterocycles. The fourth-order valence-electron chi connectivity index (χ4n) is 2.81. The molecule has 2 N–H and O–H groups in total. The SMILES string of the molecule is CC(C)(C)OC(=O)c1cccc(-c2nc(-c3csc(NC4=NCCCN4)n3)cs2)c1. The molecule has 1 aliphatic rings. The van der Waals surface area contributed by atoms with Gasteiger partial charge in [-0.05, 0) is 39.3 Å². The third-order valence-corrected chi connectivity index (χ3v) is 5.79. The fraction of sp³-hybridized carbons (Fsp3) is 0.333. The van der Waals surface area contributed by atoms with Crippen LogP contribution in [0.4, 0.5) is 5.13 Å². The Balaban J connectivity index is 1.50. The minimum Gasteiger partial charge on any atom is -0.456 e. The normalized spacial score (nSPS) is 14.0. The Morgan fingerprint density at radius 3 is 2.73 bits per heavy atom. The summed E-state index contributed by atoms with van der Waals surface area (Å²) in [5.74, 6) is 0.427. The van der Waals surface area contributed by atoms with E-state index >= 15 is 0 Å². The lowest BCUT2D eigenvalue weighted by atomic mass is 10.1. The smallest absolute Gasteiger partial charge is 0.338 e. The number of aromatic nitrogens is 2. The summed E-state index contributed by atoms with van der Waals surface area (Å²) in [7, 11) is 0. The van der Waals surface area contributed by atoms with E-state index in [1.165, 1.54) is 22.7 Å². The summed E-state index contributed by atoms with van der Waals surface area (Å²) < 4.78 is 5.47. The lowest BCUT2D eigenvalue weighted by Gasteiger charge is -2.19. The highest BCUT2D eigenvalue weighted by molar-refractivity contribution is 7.14. The van der Waals surface area contributed by atoms with Crippen molar-refractivity contribution in [3.8, 4) is 22.0 Å². The van der Waals surface area contributed by atoms with Crippen molar-refractivity contribution in [2.75, 3.05) is 18.4 Å². The molecule has 3 aromatic rings. The number of guanidine groups is 1. The molecule has 0 saturated heterocycles. The second-order valence-corrected chi connectivity index (χ2v) is 9.51. The molecule has 0 radical (unpaired) electrons. The fourth-order valence-corrected chi connectivity index (χ4v) is 4.32. The Labute approximate surface area is 183 Å². The molecule has 156 valence electrons. The minimum atomic E-state index is -0.531. The maximum absolute atomic E-state index is 12.4. The van der Waals surface area contributed by atoms with Crippen molar-refractivity contribution in [2.24, 2.45) is 4.99 Å². The van der Waals surface area contributed by atoms with Gasteiger partial charge in [-0.25, -0.2) is 14.8 Å². The first-order valence-electron chi connectivity index (χ1n) is 9.68. The van der Waals surface area contributed by atoms with Crippen LogP contribution in [0.15, 0.2) is 40.0 Å². The molecule has 3 heterocycles. The lowest BCUT2D eigenvalue weighted by molar-refractivity contribution is 0.00696. The zero-order valence-corrected chi connectivity index (χ0v) is 18.7.